The van der Waals surface area contributed by atoms with E-state index in [2.05, 4.69) is 16.8 Å². The van der Waals surface area contributed by atoms with Gasteiger partial charge in [-0.15, -0.1) is 0 Å². The zero-order chi connectivity index (χ0) is 12.1. The lowest BCUT2D eigenvalue weighted by Crippen LogP contribution is -2.40. The number of hydrogen-bond acceptors (Lipinski definition) is 3. The summed E-state index contributed by atoms with van der Waals surface area (Å²) in [4.78, 5) is 5.00. The molecular weight excluding hydrogens is 212 g/mol. The van der Waals surface area contributed by atoms with Gasteiger partial charge in [0.2, 0.25) is 0 Å². The van der Waals surface area contributed by atoms with Crippen LogP contribution in [-0.4, -0.2) is 61.3 Å². The molecule has 3 heteroatoms. The van der Waals surface area contributed by atoms with Gasteiger partial charge in [0.25, 0.3) is 0 Å². The van der Waals surface area contributed by atoms with Crippen LogP contribution in [0.4, 0.5) is 0 Å². The number of aliphatic hydroxyl groups excluding tert-OH is 1. The van der Waals surface area contributed by atoms with E-state index in [1.54, 1.807) is 0 Å². The number of rotatable bonds is 6. The van der Waals surface area contributed by atoms with E-state index >= 15 is 0 Å². The highest BCUT2D eigenvalue weighted by Gasteiger charge is 2.34. The molecule has 2 aliphatic rings. The fourth-order valence-corrected chi connectivity index (χ4v) is 3.46. The standard InChI is InChI=1S/C14H28N2O/c1-15(10-11-16-8-4-5-9-16)12-14(13-17)6-2-3-7-14/h17H,2-13H2,1H3. The van der Waals surface area contributed by atoms with Gasteiger partial charge in [-0.25, -0.2) is 0 Å². The third kappa shape index (κ3) is 3.67. The summed E-state index contributed by atoms with van der Waals surface area (Å²) >= 11 is 0. The van der Waals surface area contributed by atoms with E-state index in [9.17, 15) is 5.11 Å². The first-order chi connectivity index (χ1) is 8.24. The number of likely N-dealkylation sites (tertiary alicyclic amines) is 1. The summed E-state index contributed by atoms with van der Waals surface area (Å²) in [6.07, 6.45) is 7.81. The quantitative estimate of drug-likeness (QED) is 0.763. The Morgan fingerprint density at radius 2 is 1.76 bits per heavy atom. The molecule has 1 saturated heterocycles. The Hall–Kier alpha value is -0.120. The van der Waals surface area contributed by atoms with Crippen molar-refractivity contribution in [2.24, 2.45) is 5.41 Å². The molecule has 0 radical (unpaired) electrons. The van der Waals surface area contributed by atoms with Gasteiger partial charge < -0.3 is 14.9 Å². The molecule has 0 atom stereocenters. The van der Waals surface area contributed by atoms with Crippen LogP contribution in [0.2, 0.25) is 0 Å². The first-order valence-corrected chi connectivity index (χ1v) is 7.26. The van der Waals surface area contributed by atoms with Crippen molar-refractivity contribution in [2.45, 2.75) is 38.5 Å². The molecular formula is C14H28N2O. The third-order valence-electron chi connectivity index (χ3n) is 4.60. The molecule has 0 unspecified atom stereocenters. The summed E-state index contributed by atoms with van der Waals surface area (Å²) < 4.78 is 0. The second-order valence-electron chi connectivity index (χ2n) is 6.15. The molecule has 3 nitrogen and oxygen atoms in total. The molecule has 0 amide bonds. The first-order valence-electron chi connectivity index (χ1n) is 7.26. The lowest BCUT2D eigenvalue weighted by Gasteiger charge is -2.32. The normalized spacial score (nSPS) is 24.9. The predicted molar refractivity (Wildman–Crippen MR) is 71.2 cm³/mol. The van der Waals surface area contributed by atoms with Gasteiger partial charge in [-0.1, -0.05) is 12.8 Å². The van der Waals surface area contributed by atoms with E-state index in [4.69, 9.17) is 0 Å². The van der Waals surface area contributed by atoms with Crippen molar-refractivity contribution in [1.82, 2.24) is 9.80 Å². The Kier molecular flexibility index (Phi) is 4.83. The molecule has 0 spiro atoms. The molecule has 1 saturated carbocycles. The molecule has 1 N–H and O–H groups in total. The van der Waals surface area contributed by atoms with Crippen molar-refractivity contribution in [3.63, 3.8) is 0 Å². The smallest absolute Gasteiger partial charge is 0.0499 e. The SMILES string of the molecule is CN(CCN1CCCC1)CC1(CO)CCCC1. The van der Waals surface area contributed by atoms with Gasteiger partial charge in [-0.3, -0.25) is 0 Å². The topological polar surface area (TPSA) is 26.7 Å². The van der Waals surface area contributed by atoms with Crippen molar-refractivity contribution >= 4 is 0 Å². The lowest BCUT2D eigenvalue weighted by atomic mass is 9.87. The molecule has 2 rings (SSSR count). The molecule has 1 aliphatic carbocycles. The number of nitrogens with zero attached hydrogens (tertiary/aromatic N) is 2. The van der Waals surface area contributed by atoms with Crippen LogP contribution >= 0.6 is 0 Å². The maximum absolute atomic E-state index is 9.61. The minimum absolute atomic E-state index is 0.222. The third-order valence-corrected chi connectivity index (χ3v) is 4.60. The Morgan fingerprint density at radius 3 is 2.35 bits per heavy atom. The van der Waals surface area contributed by atoms with Crippen LogP contribution in [0.25, 0.3) is 0 Å². The van der Waals surface area contributed by atoms with Gasteiger partial charge >= 0.3 is 0 Å². The molecule has 2 fully saturated rings. The number of likely N-dealkylation sites (N-methyl/N-ethyl adjacent to an activating group) is 1. The fraction of sp³-hybridized carbons (Fsp3) is 1.00. The van der Waals surface area contributed by atoms with E-state index < -0.39 is 0 Å². The Morgan fingerprint density at radius 1 is 1.12 bits per heavy atom. The van der Waals surface area contributed by atoms with Crippen molar-refractivity contribution in [1.29, 1.82) is 0 Å². The Labute approximate surface area is 106 Å². The van der Waals surface area contributed by atoms with Crippen LogP contribution in [0.5, 0.6) is 0 Å². The van der Waals surface area contributed by atoms with Crippen LogP contribution in [0.1, 0.15) is 38.5 Å². The lowest BCUT2D eigenvalue weighted by molar-refractivity contribution is 0.0853. The molecule has 0 bridgehead atoms. The average molecular weight is 240 g/mol. The largest absolute Gasteiger partial charge is 0.396 e. The Bertz CT molecular complexity index is 220. The van der Waals surface area contributed by atoms with Crippen molar-refractivity contribution in [3.05, 3.63) is 0 Å². The second-order valence-corrected chi connectivity index (χ2v) is 6.15. The molecule has 1 heterocycles. The zero-order valence-corrected chi connectivity index (χ0v) is 11.3. The summed E-state index contributed by atoms with van der Waals surface area (Å²) in [7, 11) is 2.21. The van der Waals surface area contributed by atoms with Crippen LogP contribution in [0.15, 0.2) is 0 Å². The monoisotopic (exact) mass is 240 g/mol. The van der Waals surface area contributed by atoms with Crippen LogP contribution in [0, 0.1) is 5.41 Å². The van der Waals surface area contributed by atoms with Gasteiger partial charge in [0, 0.05) is 31.7 Å². The zero-order valence-electron chi connectivity index (χ0n) is 11.3. The summed E-state index contributed by atoms with van der Waals surface area (Å²) in [5, 5.41) is 9.61. The van der Waals surface area contributed by atoms with E-state index in [0.717, 1.165) is 13.1 Å². The molecule has 0 aromatic rings. The molecule has 0 aromatic carbocycles. The van der Waals surface area contributed by atoms with Gasteiger partial charge in [-0.2, -0.15) is 0 Å². The van der Waals surface area contributed by atoms with Gasteiger partial charge in [0.05, 0.1) is 0 Å². The van der Waals surface area contributed by atoms with E-state index in [1.165, 1.54) is 58.2 Å². The first kappa shape index (κ1) is 13.3. The highest BCUT2D eigenvalue weighted by Crippen LogP contribution is 2.38. The van der Waals surface area contributed by atoms with E-state index in [1.807, 2.05) is 0 Å². The summed E-state index contributed by atoms with van der Waals surface area (Å²) in [5.41, 5.74) is 0.222. The molecule has 17 heavy (non-hydrogen) atoms. The summed E-state index contributed by atoms with van der Waals surface area (Å²) in [5.74, 6) is 0. The highest BCUT2D eigenvalue weighted by atomic mass is 16.3. The minimum Gasteiger partial charge on any atom is -0.396 e. The van der Waals surface area contributed by atoms with Crippen molar-refractivity contribution in [2.75, 3.05) is 46.4 Å². The summed E-state index contributed by atoms with van der Waals surface area (Å²) in [6, 6.07) is 0. The van der Waals surface area contributed by atoms with Gasteiger partial charge in [0.1, 0.15) is 0 Å². The maximum Gasteiger partial charge on any atom is 0.0499 e. The van der Waals surface area contributed by atoms with Crippen LogP contribution < -0.4 is 0 Å². The average Bonchev–Trinajstić information content (AvgIpc) is 2.98. The number of hydrogen-bond donors (Lipinski definition) is 1. The fourth-order valence-electron chi connectivity index (χ4n) is 3.46. The van der Waals surface area contributed by atoms with Gasteiger partial charge in [-0.05, 0) is 45.8 Å². The molecule has 100 valence electrons. The molecule has 1 aliphatic heterocycles. The van der Waals surface area contributed by atoms with Crippen molar-refractivity contribution in [3.8, 4) is 0 Å². The van der Waals surface area contributed by atoms with E-state index in [-0.39, 0.29) is 5.41 Å². The predicted octanol–water partition coefficient (Wildman–Crippen LogP) is 1.57. The number of aliphatic hydroxyl groups is 1. The highest BCUT2D eigenvalue weighted by molar-refractivity contribution is 4.86. The van der Waals surface area contributed by atoms with E-state index in [0.29, 0.717) is 6.61 Å². The van der Waals surface area contributed by atoms with Gasteiger partial charge in [0.15, 0.2) is 0 Å². The minimum atomic E-state index is 0.222. The maximum atomic E-state index is 9.61. The van der Waals surface area contributed by atoms with Crippen LogP contribution in [0.3, 0.4) is 0 Å². The molecule has 0 aromatic heterocycles. The van der Waals surface area contributed by atoms with Crippen molar-refractivity contribution < 1.29 is 5.11 Å². The van der Waals surface area contributed by atoms with Crippen LogP contribution in [-0.2, 0) is 0 Å². The Balaban J connectivity index is 1.70. The summed E-state index contributed by atoms with van der Waals surface area (Å²) in [6.45, 7) is 6.40. The second kappa shape index (κ2) is 6.17.